The lowest BCUT2D eigenvalue weighted by Crippen LogP contribution is -2.11. The van der Waals surface area contributed by atoms with Crippen LogP contribution < -0.4 is 5.73 Å². The van der Waals surface area contributed by atoms with Gasteiger partial charge in [0.2, 0.25) is 0 Å². The maximum atomic E-state index is 5.67. The van der Waals surface area contributed by atoms with Crippen LogP contribution >= 0.6 is 0 Å². The Bertz CT molecular complexity index is 481. The fraction of sp³-hybridized carbons (Fsp3) is 0.385. The molecule has 96 valence electrons. The first kappa shape index (κ1) is 12.7. The molecule has 2 rings (SSSR count). The number of hydrogen-bond donors (Lipinski definition) is 1. The molecule has 0 radical (unpaired) electrons. The summed E-state index contributed by atoms with van der Waals surface area (Å²) in [5.74, 6) is 0. The average Bonchev–Trinajstić information content (AvgIpc) is 2.79. The molecule has 5 heteroatoms. The van der Waals surface area contributed by atoms with Crippen LogP contribution in [0.1, 0.15) is 17.0 Å². The summed E-state index contributed by atoms with van der Waals surface area (Å²) in [6.45, 7) is 1.77. The number of benzene rings is 1. The van der Waals surface area contributed by atoms with E-state index >= 15 is 0 Å². The van der Waals surface area contributed by atoms with Crippen LogP contribution in [0.4, 0.5) is 0 Å². The van der Waals surface area contributed by atoms with E-state index in [2.05, 4.69) is 22.4 Å². The molecule has 5 nitrogen and oxygen atoms in total. The SMILES string of the molecule is COCCc1c(CN)nnn1Cc1ccccc1. The van der Waals surface area contributed by atoms with Gasteiger partial charge in [-0.2, -0.15) is 0 Å². The predicted octanol–water partition coefficient (Wildman–Crippen LogP) is 0.974. The maximum absolute atomic E-state index is 5.67. The van der Waals surface area contributed by atoms with Crippen LogP contribution in [0.15, 0.2) is 30.3 Å². The Balaban J connectivity index is 2.19. The van der Waals surface area contributed by atoms with Crippen molar-refractivity contribution in [2.45, 2.75) is 19.5 Å². The number of rotatable bonds is 6. The third kappa shape index (κ3) is 2.94. The number of nitrogens with zero attached hydrogens (tertiary/aromatic N) is 3. The highest BCUT2D eigenvalue weighted by Crippen LogP contribution is 2.09. The van der Waals surface area contributed by atoms with E-state index in [1.54, 1.807) is 7.11 Å². The van der Waals surface area contributed by atoms with Gasteiger partial charge in [0.15, 0.2) is 0 Å². The molecular formula is C13H18N4O. The highest BCUT2D eigenvalue weighted by atomic mass is 16.5. The van der Waals surface area contributed by atoms with Crippen LogP contribution in [0.3, 0.4) is 0 Å². The molecule has 18 heavy (non-hydrogen) atoms. The molecule has 0 fully saturated rings. The van der Waals surface area contributed by atoms with Crippen LogP contribution in [-0.4, -0.2) is 28.7 Å². The highest BCUT2D eigenvalue weighted by Gasteiger charge is 2.11. The highest BCUT2D eigenvalue weighted by molar-refractivity contribution is 5.17. The topological polar surface area (TPSA) is 66.0 Å². The summed E-state index contributed by atoms with van der Waals surface area (Å²) >= 11 is 0. The first-order chi connectivity index (χ1) is 8.85. The lowest BCUT2D eigenvalue weighted by molar-refractivity contribution is 0.200. The third-order valence-corrected chi connectivity index (χ3v) is 2.83. The Labute approximate surface area is 107 Å². The molecule has 0 aliphatic carbocycles. The first-order valence-electron chi connectivity index (χ1n) is 5.99. The molecular weight excluding hydrogens is 228 g/mol. The number of ether oxygens (including phenoxy) is 1. The average molecular weight is 246 g/mol. The number of nitrogens with two attached hydrogens (primary N) is 1. The van der Waals surface area contributed by atoms with Crippen LogP contribution in [-0.2, 0) is 24.2 Å². The van der Waals surface area contributed by atoms with Gasteiger partial charge in [-0.25, -0.2) is 4.68 Å². The molecule has 1 aromatic heterocycles. The zero-order valence-electron chi connectivity index (χ0n) is 10.5. The van der Waals surface area contributed by atoms with E-state index < -0.39 is 0 Å². The molecule has 0 spiro atoms. The Hall–Kier alpha value is -1.72. The molecule has 0 saturated carbocycles. The van der Waals surface area contributed by atoms with Crippen molar-refractivity contribution in [1.29, 1.82) is 0 Å². The van der Waals surface area contributed by atoms with Gasteiger partial charge in [0.25, 0.3) is 0 Å². The van der Waals surface area contributed by atoms with Crippen LogP contribution in [0.25, 0.3) is 0 Å². The van der Waals surface area contributed by atoms with Crippen molar-refractivity contribution >= 4 is 0 Å². The number of aromatic nitrogens is 3. The number of hydrogen-bond acceptors (Lipinski definition) is 4. The monoisotopic (exact) mass is 246 g/mol. The van der Waals surface area contributed by atoms with Crippen molar-refractivity contribution in [3.05, 3.63) is 47.3 Å². The minimum Gasteiger partial charge on any atom is -0.384 e. The third-order valence-electron chi connectivity index (χ3n) is 2.83. The summed E-state index contributed by atoms with van der Waals surface area (Å²) in [4.78, 5) is 0. The normalized spacial score (nSPS) is 10.8. The van der Waals surface area contributed by atoms with Crippen molar-refractivity contribution in [3.63, 3.8) is 0 Å². The zero-order valence-corrected chi connectivity index (χ0v) is 10.5. The summed E-state index contributed by atoms with van der Waals surface area (Å²) in [7, 11) is 1.69. The molecule has 0 unspecified atom stereocenters. The fourth-order valence-electron chi connectivity index (χ4n) is 1.88. The van der Waals surface area contributed by atoms with E-state index in [9.17, 15) is 0 Å². The molecule has 1 heterocycles. The molecule has 2 aromatic rings. The van der Waals surface area contributed by atoms with Crippen molar-refractivity contribution in [3.8, 4) is 0 Å². The van der Waals surface area contributed by atoms with E-state index in [0.717, 1.165) is 17.8 Å². The molecule has 2 N–H and O–H groups in total. The van der Waals surface area contributed by atoms with Gasteiger partial charge in [0.05, 0.1) is 24.5 Å². The summed E-state index contributed by atoms with van der Waals surface area (Å²) < 4.78 is 7.01. The van der Waals surface area contributed by atoms with Gasteiger partial charge in [0, 0.05) is 20.1 Å². The second kappa shape index (κ2) is 6.28. The van der Waals surface area contributed by atoms with Crippen molar-refractivity contribution in [2.24, 2.45) is 5.73 Å². The maximum Gasteiger partial charge on any atom is 0.0995 e. The summed E-state index contributed by atoms with van der Waals surface area (Å²) in [6.07, 6.45) is 0.781. The Morgan fingerprint density at radius 1 is 1.28 bits per heavy atom. The summed E-state index contributed by atoms with van der Waals surface area (Å²) in [6, 6.07) is 10.2. The van der Waals surface area contributed by atoms with Crippen molar-refractivity contribution in [2.75, 3.05) is 13.7 Å². The summed E-state index contributed by atoms with van der Waals surface area (Å²) in [5.41, 5.74) is 8.78. The van der Waals surface area contributed by atoms with E-state index in [1.807, 2.05) is 22.9 Å². The van der Waals surface area contributed by atoms with Gasteiger partial charge < -0.3 is 10.5 Å². The van der Waals surface area contributed by atoms with Gasteiger partial charge in [-0.3, -0.25) is 0 Å². The largest absolute Gasteiger partial charge is 0.384 e. The Morgan fingerprint density at radius 2 is 2.06 bits per heavy atom. The van der Waals surface area contributed by atoms with E-state index in [4.69, 9.17) is 10.5 Å². The van der Waals surface area contributed by atoms with Gasteiger partial charge >= 0.3 is 0 Å². The first-order valence-corrected chi connectivity index (χ1v) is 5.99. The van der Waals surface area contributed by atoms with Gasteiger partial charge in [0.1, 0.15) is 0 Å². The van der Waals surface area contributed by atoms with Crippen molar-refractivity contribution < 1.29 is 4.74 Å². The molecule has 0 amide bonds. The second-order valence-electron chi connectivity index (χ2n) is 4.07. The minimum absolute atomic E-state index is 0.411. The number of methoxy groups -OCH3 is 1. The van der Waals surface area contributed by atoms with Gasteiger partial charge in [-0.1, -0.05) is 35.5 Å². The quantitative estimate of drug-likeness (QED) is 0.825. The Kier molecular flexibility index (Phi) is 4.44. The van der Waals surface area contributed by atoms with E-state index in [1.165, 1.54) is 5.56 Å². The molecule has 0 saturated heterocycles. The molecule has 0 bridgehead atoms. The lowest BCUT2D eigenvalue weighted by Gasteiger charge is -2.07. The lowest BCUT2D eigenvalue weighted by atomic mass is 10.2. The van der Waals surface area contributed by atoms with Crippen LogP contribution in [0.5, 0.6) is 0 Å². The van der Waals surface area contributed by atoms with Crippen LogP contribution in [0, 0.1) is 0 Å². The van der Waals surface area contributed by atoms with E-state index in [0.29, 0.717) is 19.7 Å². The molecule has 0 atom stereocenters. The zero-order chi connectivity index (χ0) is 12.8. The predicted molar refractivity (Wildman–Crippen MR) is 69.0 cm³/mol. The second-order valence-corrected chi connectivity index (χ2v) is 4.07. The molecule has 0 aliphatic heterocycles. The Morgan fingerprint density at radius 3 is 2.72 bits per heavy atom. The van der Waals surface area contributed by atoms with Gasteiger partial charge in [-0.15, -0.1) is 5.10 Å². The smallest absolute Gasteiger partial charge is 0.0995 e. The molecule has 0 aliphatic rings. The molecule has 1 aromatic carbocycles. The fourth-order valence-corrected chi connectivity index (χ4v) is 1.88. The van der Waals surface area contributed by atoms with Gasteiger partial charge in [-0.05, 0) is 5.56 Å². The summed E-state index contributed by atoms with van der Waals surface area (Å²) in [5, 5.41) is 8.28. The minimum atomic E-state index is 0.411. The van der Waals surface area contributed by atoms with Crippen molar-refractivity contribution in [1.82, 2.24) is 15.0 Å². The standard InChI is InChI=1S/C13H18N4O/c1-18-8-7-13-12(9-14)15-16-17(13)10-11-5-3-2-4-6-11/h2-6H,7-10,14H2,1H3. The van der Waals surface area contributed by atoms with E-state index in [-0.39, 0.29) is 0 Å². The van der Waals surface area contributed by atoms with Crippen LogP contribution in [0.2, 0.25) is 0 Å².